The number of benzene rings is 2. The smallest absolute Gasteiger partial charge is 0.335 e. The molecule has 0 aliphatic heterocycles. The summed E-state index contributed by atoms with van der Waals surface area (Å²) in [7, 11) is 0. The number of carbonyl (C=O) groups is 1. The van der Waals surface area contributed by atoms with Crippen LogP contribution in [0.25, 0.3) is 0 Å². The van der Waals surface area contributed by atoms with E-state index in [1.54, 1.807) is 12.1 Å². The van der Waals surface area contributed by atoms with E-state index in [0.717, 1.165) is 11.6 Å². The van der Waals surface area contributed by atoms with Crippen LogP contribution in [0.3, 0.4) is 0 Å². The van der Waals surface area contributed by atoms with Gasteiger partial charge in [-0.3, -0.25) is 0 Å². The van der Waals surface area contributed by atoms with Gasteiger partial charge in [0.15, 0.2) is 0 Å². The average molecular weight is 319 g/mol. The second-order valence-corrected chi connectivity index (χ2v) is 5.77. The van der Waals surface area contributed by atoms with Crippen LogP contribution in [-0.4, -0.2) is 11.1 Å². The van der Waals surface area contributed by atoms with Gasteiger partial charge in [-0.15, -0.1) is 0 Å². The molecule has 0 amide bonds. The van der Waals surface area contributed by atoms with Crippen LogP contribution in [0.4, 0.5) is 8.78 Å². The molecule has 3 nitrogen and oxygen atoms in total. The molecule has 0 aliphatic rings. The van der Waals surface area contributed by atoms with Gasteiger partial charge in [0, 0.05) is 24.2 Å². The van der Waals surface area contributed by atoms with E-state index in [4.69, 9.17) is 5.11 Å². The zero-order valence-corrected chi connectivity index (χ0v) is 13.0. The van der Waals surface area contributed by atoms with Crippen LogP contribution in [0.2, 0.25) is 0 Å². The Balaban J connectivity index is 2.12. The van der Waals surface area contributed by atoms with E-state index in [1.165, 1.54) is 24.3 Å². The highest BCUT2D eigenvalue weighted by Gasteiger charge is 2.19. The van der Waals surface area contributed by atoms with E-state index in [2.05, 4.69) is 5.32 Å². The minimum absolute atomic E-state index is 0.105. The van der Waals surface area contributed by atoms with Crippen LogP contribution in [0.1, 0.15) is 41.4 Å². The predicted molar refractivity (Wildman–Crippen MR) is 84.2 cm³/mol. The van der Waals surface area contributed by atoms with Gasteiger partial charge in [-0.1, -0.05) is 32.0 Å². The fraction of sp³-hybridized carbons (Fsp3) is 0.278. The van der Waals surface area contributed by atoms with Crippen LogP contribution in [0.5, 0.6) is 0 Å². The lowest BCUT2D eigenvalue weighted by Gasteiger charge is -2.23. The van der Waals surface area contributed by atoms with Gasteiger partial charge in [-0.05, 0) is 29.7 Å². The van der Waals surface area contributed by atoms with Crippen molar-refractivity contribution in [3.05, 3.63) is 70.8 Å². The van der Waals surface area contributed by atoms with Crippen molar-refractivity contribution < 1.29 is 18.7 Å². The molecule has 1 atom stereocenters. The van der Waals surface area contributed by atoms with Gasteiger partial charge in [-0.25, -0.2) is 13.6 Å². The Bertz CT molecular complexity index is 684. The van der Waals surface area contributed by atoms with Crippen LogP contribution < -0.4 is 5.32 Å². The van der Waals surface area contributed by atoms with E-state index in [9.17, 15) is 13.6 Å². The molecule has 23 heavy (non-hydrogen) atoms. The number of carboxylic acid groups (broad SMARTS) is 1. The number of halogens is 2. The molecule has 2 aromatic carbocycles. The lowest BCUT2D eigenvalue weighted by Crippen LogP contribution is -2.26. The zero-order valence-electron chi connectivity index (χ0n) is 13.0. The summed E-state index contributed by atoms with van der Waals surface area (Å²) < 4.78 is 27.0. The highest BCUT2D eigenvalue weighted by Crippen LogP contribution is 2.25. The molecule has 1 unspecified atom stereocenters. The Morgan fingerprint density at radius 3 is 2.30 bits per heavy atom. The standard InChI is InChI=1S/C18H19F2NO2/c1-11(2)17(15-8-7-14(19)9-16(15)20)21-10-12-3-5-13(6-4-12)18(22)23/h3-9,11,17,21H,10H2,1-2H3,(H,22,23). The first-order chi connectivity index (χ1) is 10.9. The number of aromatic carboxylic acids is 1. The molecule has 0 saturated heterocycles. The third-order valence-corrected chi connectivity index (χ3v) is 3.69. The Hall–Kier alpha value is -2.27. The van der Waals surface area contributed by atoms with Crippen molar-refractivity contribution in [3.8, 4) is 0 Å². The molecule has 122 valence electrons. The lowest BCUT2D eigenvalue weighted by atomic mass is 9.95. The quantitative estimate of drug-likeness (QED) is 0.841. The first-order valence-electron chi connectivity index (χ1n) is 7.39. The maximum Gasteiger partial charge on any atom is 0.335 e. The summed E-state index contributed by atoms with van der Waals surface area (Å²) in [6, 6.07) is 9.81. The molecule has 0 spiro atoms. The van der Waals surface area contributed by atoms with Gasteiger partial charge in [-0.2, -0.15) is 0 Å². The SMILES string of the molecule is CC(C)C(NCc1ccc(C(=O)O)cc1)c1ccc(F)cc1F. The highest BCUT2D eigenvalue weighted by molar-refractivity contribution is 5.87. The third kappa shape index (κ3) is 4.36. The monoisotopic (exact) mass is 319 g/mol. The molecule has 0 bridgehead atoms. The van der Waals surface area contributed by atoms with Crippen molar-refractivity contribution in [1.82, 2.24) is 5.32 Å². The number of hydrogen-bond acceptors (Lipinski definition) is 2. The summed E-state index contributed by atoms with van der Waals surface area (Å²) in [5.41, 5.74) is 1.53. The first kappa shape index (κ1) is 17.1. The van der Waals surface area contributed by atoms with Crippen LogP contribution >= 0.6 is 0 Å². The second kappa shape index (κ2) is 7.33. The molecule has 0 fully saturated rings. The van der Waals surface area contributed by atoms with Crippen LogP contribution in [-0.2, 0) is 6.54 Å². The maximum atomic E-state index is 14.0. The molecule has 2 N–H and O–H groups in total. The molecule has 0 heterocycles. The Labute approximate surface area is 134 Å². The van der Waals surface area contributed by atoms with Crippen molar-refractivity contribution in [2.45, 2.75) is 26.4 Å². The van der Waals surface area contributed by atoms with Gasteiger partial charge in [0.05, 0.1) is 5.56 Å². The van der Waals surface area contributed by atoms with Crippen LogP contribution in [0.15, 0.2) is 42.5 Å². The van der Waals surface area contributed by atoms with Crippen molar-refractivity contribution in [1.29, 1.82) is 0 Å². The van der Waals surface area contributed by atoms with Gasteiger partial charge >= 0.3 is 5.97 Å². The van der Waals surface area contributed by atoms with Gasteiger partial charge in [0.1, 0.15) is 11.6 Å². The second-order valence-electron chi connectivity index (χ2n) is 5.77. The normalized spacial score (nSPS) is 12.4. The third-order valence-electron chi connectivity index (χ3n) is 3.69. The van der Waals surface area contributed by atoms with E-state index in [1.807, 2.05) is 13.8 Å². The van der Waals surface area contributed by atoms with Crippen molar-refractivity contribution >= 4 is 5.97 Å². The largest absolute Gasteiger partial charge is 0.478 e. The molecule has 5 heteroatoms. The molecule has 0 aliphatic carbocycles. The number of hydrogen-bond donors (Lipinski definition) is 2. The fourth-order valence-electron chi connectivity index (χ4n) is 2.45. The summed E-state index contributed by atoms with van der Waals surface area (Å²) >= 11 is 0. The molecular weight excluding hydrogens is 300 g/mol. The predicted octanol–water partition coefficient (Wildman–Crippen LogP) is 4.15. The summed E-state index contributed by atoms with van der Waals surface area (Å²) in [5.74, 6) is -2.04. The van der Waals surface area contributed by atoms with E-state index < -0.39 is 17.6 Å². The maximum absolute atomic E-state index is 14.0. The number of nitrogens with one attached hydrogen (secondary N) is 1. The van der Waals surface area contributed by atoms with Crippen LogP contribution in [0, 0.1) is 17.6 Å². The minimum Gasteiger partial charge on any atom is -0.478 e. The topological polar surface area (TPSA) is 49.3 Å². The van der Waals surface area contributed by atoms with E-state index >= 15 is 0 Å². The zero-order chi connectivity index (χ0) is 17.0. The molecule has 0 radical (unpaired) electrons. The molecule has 2 aromatic rings. The Kier molecular flexibility index (Phi) is 5.45. The van der Waals surface area contributed by atoms with Crippen molar-refractivity contribution in [2.75, 3.05) is 0 Å². The molecule has 0 saturated carbocycles. The van der Waals surface area contributed by atoms with Gasteiger partial charge < -0.3 is 10.4 Å². The fourth-order valence-corrected chi connectivity index (χ4v) is 2.45. The minimum atomic E-state index is -0.974. The van der Waals surface area contributed by atoms with Crippen molar-refractivity contribution in [3.63, 3.8) is 0 Å². The first-order valence-corrected chi connectivity index (χ1v) is 7.39. The summed E-state index contributed by atoms with van der Waals surface area (Å²) in [6.07, 6.45) is 0. The number of carboxylic acids is 1. The summed E-state index contributed by atoms with van der Waals surface area (Å²) in [6.45, 7) is 4.36. The number of rotatable bonds is 6. The average Bonchev–Trinajstić information content (AvgIpc) is 2.49. The molecule has 2 rings (SSSR count). The highest BCUT2D eigenvalue weighted by atomic mass is 19.1. The molecule has 0 aromatic heterocycles. The molecular formula is C18H19F2NO2. The summed E-state index contributed by atoms with van der Waals surface area (Å²) in [4.78, 5) is 10.8. The van der Waals surface area contributed by atoms with E-state index in [-0.39, 0.29) is 17.5 Å². The van der Waals surface area contributed by atoms with Gasteiger partial charge in [0.25, 0.3) is 0 Å². The van der Waals surface area contributed by atoms with Gasteiger partial charge in [0.2, 0.25) is 0 Å². The summed E-state index contributed by atoms with van der Waals surface area (Å²) in [5, 5.41) is 12.1. The lowest BCUT2D eigenvalue weighted by molar-refractivity contribution is 0.0697. The van der Waals surface area contributed by atoms with E-state index in [0.29, 0.717) is 12.1 Å². The Morgan fingerprint density at radius 1 is 1.13 bits per heavy atom. The Morgan fingerprint density at radius 2 is 1.78 bits per heavy atom. The van der Waals surface area contributed by atoms with Crippen molar-refractivity contribution in [2.24, 2.45) is 5.92 Å².